The van der Waals surface area contributed by atoms with Crippen LogP contribution in [0.4, 0.5) is 5.69 Å². The van der Waals surface area contributed by atoms with E-state index in [4.69, 9.17) is 44.3 Å². The van der Waals surface area contributed by atoms with Crippen molar-refractivity contribution in [3.8, 4) is 11.5 Å². The fourth-order valence-electron chi connectivity index (χ4n) is 3.45. The number of amides is 1. The Hall–Kier alpha value is -1.66. The summed E-state index contributed by atoms with van der Waals surface area (Å²) >= 11 is 18.7. The number of anilines is 1. The Morgan fingerprint density at radius 2 is 1.66 bits per heavy atom. The number of nitrogens with one attached hydrogen (secondary N) is 1. The number of likely N-dealkylation sites (tertiary alicyclic amines) is 1. The number of carbonyl (C=O) groups is 1. The molecule has 1 fully saturated rings. The van der Waals surface area contributed by atoms with Crippen LogP contribution in [-0.4, -0.2) is 38.1 Å². The standard InChI is InChI=1S/C21H23Cl3N2O3/c1-28-19-11-18(20(29-2)10-17(19)24)25-21(27)13-6-8-26(9-7-13)12-14-15(22)4-3-5-16(14)23/h3-5,10-11,13H,6-9,12H2,1-2H3,(H,25,27). The van der Waals surface area contributed by atoms with Crippen LogP contribution in [-0.2, 0) is 11.3 Å². The minimum Gasteiger partial charge on any atom is -0.495 e. The molecule has 29 heavy (non-hydrogen) atoms. The van der Waals surface area contributed by atoms with Gasteiger partial charge < -0.3 is 14.8 Å². The molecule has 0 spiro atoms. The summed E-state index contributed by atoms with van der Waals surface area (Å²) in [5.74, 6) is 0.853. The second-order valence-electron chi connectivity index (χ2n) is 6.93. The fourth-order valence-corrected chi connectivity index (χ4v) is 4.20. The molecule has 0 radical (unpaired) electrons. The van der Waals surface area contributed by atoms with Crippen molar-refractivity contribution in [1.82, 2.24) is 4.90 Å². The summed E-state index contributed by atoms with van der Waals surface area (Å²) in [7, 11) is 3.06. The molecule has 2 aromatic rings. The van der Waals surface area contributed by atoms with Gasteiger partial charge >= 0.3 is 0 Å². The smallest absolute Gasteiger partial charge is 0.227 e. The van der Waals surface area contributed by atoms with Gasteiger partial charge in [-0.25, -0.2) is 0 Å². The lowest BCUT2D eigenvalue weighted by Gasteiger charge is -2.31. The number of methoxy groups -OCH3 is 2. The monoisotopic (exact) mass is 456 g/mol. The molecule has 3 rings (SSSR count). The minimum absolute atomic E-state index is 0.0388. The van der Waals surface area contributed by atoms with E-state index in [-0.39, 0.29) is 11.8 Å². The Kier molecular flexibility index (Phi) is 7.52. The molecule has 1 saturated heterocycles. The third-order valence-electron chi connectivity index (χ3n) is 5.13. The largest absolute Gasteiger partial charge is 0.495 e. The van der Waals surface area contributed by atoms with Crippen molar-refractivity contribution in [2.75, 3.05) is 32.6 Å². The molecule has 0 atom stereocenters. The maximum absolute atomic E-state index is 12.8. The molecule has 2 aromatic carbocycles. The average Bonchev–Trinajstić information content (AvgIpc) is 2.72. The summed E-state index contributed by atoms with van der Waals surface area (Å²) in [6, 6.07) is 8.83. The van der Waals surface area contributed by atoms with Crippen molar-refractivity contribution in [3.63, 3.8) is 0 Å². The molecule has 0 aromatic heterocycles. The van der Waals surface area contributed by atoms with Gasteiger partial charge in [0.15, 0.2) is 0 Å². The highest BCUT2D eigenvalue weighted by Crippen LogP contribution is 2.36. The normalized spacial score (nSPS) is 15.2. The van der Waals surface area contributed by atoms with Crippen LogP contribution in [0, 0.1) is 5.92 Å². The molecule has 1 aliphatic heterocycles. The maximum Gasteiger partial charge on any atom is 0.227 e. The van der Waals surface area contributed by atoms with E-state index in [2.05, 4.69) is 10.2 Å². The summed E-state index contributed by atoms with van der Waals surface area (Å²) < 4.78 is 10.6. The SMILES string of the molecule is COc1cc(NC(=O)C2CCN(Cc3c(Cl)cccc3Cl)CC2)c(OC)cc1Cl. The molecule has 1 N–H and O–H groups in total. The molecular weight excluding hydrogens is 435 g/mol. The number of hydrogen-bond acceptors (Lipinski definition) is 4. The zero-order valence-electron chi connectivity index (χ0n) is 16.3. The van der Waals surface area contributed by atoms with Gasteiger partial charge in [-0.1, -0.05) is 40.9 Å². The summed E-state index contributed by atoms with van der Waals surface area (Å²) in [5, 5.41) is 4.71. The number of benzene rings is 2. The Labute approximate surface area is 185 Å². The van der Waals surface area contributed by atoms with Gasteiger partial charge in [-0.2, -0.15) is 0 Å². The number of hydrogen-bond donors (Lipinski definition) is 1. The van der Waals surface area contributed by atoms with Gasteiger partial charge in [0.2, 0.25) is 5.91 Å². The summed E-state index contributed by atoms with van der Waals surface area (Å²) in [4.78, 5) is 15.1. The Balaban J connectivity index is 1.61. The van der Waals surface area contributed by atoms with Crippen molar-refractivity contribution in [1.29, 1.82) is 0 Å². The van der Waals surface area contributed by atoms with Crippen LogP contribution in [0.3, 0.4) is 0 Å². The number of halogens is 3. The van der Waals surface area contributed by atoms with Crippen molar-refractivity contribution in [3.05, 3.63) is 51.0 Å². The zero-order valence-corrected chi connectivity index (χ0v) is 18.6. The highest BCUT2D eigenvalue weighted by molar-refractivity contribution is 6.36. The number of carbonyl (C=O) groups excluding carboxylic acids is 1. The van der Waals surface area contributed by atoms with Gasteiger partial charge in [0.25, 0.3) is 0 Å². The molecule has 1 heterocycles. The van der Waals surface area contributed by atoms with Crippen molar-refractivity contribution in [2.45, 2.75) is 19.4 Å². The van der Waals surface area contributed by atoms with Gasteiger partial charge in [-0.3, -0.25) is 9.69 Å². The van der Waals surface area contributed by atoms with Gasteiger partial charge in [0, 0.05) is 40.2 Å². The topological polar surface area (TPSA) is 50.8 Å². The predicted molar refractivity (Wildman–Crippen MR) is 118 cm³/mol. The van der Waals surface area contributed by atoms with E-state index >= 15 is 0 Å². The molecule has 0 bridgehead atoms. The number of nitrogens with zero attached hydrogens (tertiary/aromatic N) is 1. The van der Waals surface area contributed by atoms with Gasteiger partial charge in [0.1, 0.15) is 11.5 Å². The second-order valence-corrected chi connectivity index (χ2v) is 8.15. The third-order valence-corrected chi connectivity index (χ3v) is 6.14. The highest BCUT2D eigenvalue weighted by atomic mass is 35.5. The molecule has 0 saturated carbocycles. The predicted octanol–water partition coefficient (Wildman–Crippen LogP) is 5.51. The van der Waals surface area contributed by atoms with E-state index in [1.54, 1.807) is 12.1 Å². The first-order valence-corrected chi connectivity index (χ1v) is 10.4. The molecule has 156 valence electrons. The Morgan fingerprint density at radius 3 is 2.24 bits per heavy atom. The summed E-state index contributed by atoms with van der Waals surface area (Å²) in [5.41, 5.74) is 1.47. The van der Waals surface area contributed by atoms with E-state index in [1.807, 2.05) is 18.2 Å². The lowest BCUT2D eigenvalue weighted by atomic mass is 9.95. The first-order valence-electron chi connectivity index (χ1n) is 9.30. The number of ether oxygens (including phenoxy) is 2. The van der Waals surface area contributed by atoms with Gasteiger partial charge in [-0.15, -0.1) is 0 Å². The Morgan fingerprint density at radius 1 is 1.03 bits per heavy atom. The first-order chi connectivity index (χ1) is 13.9. The third kappa shape index (κ3) is 5.28. The van der Waals surface area contributed by atoms with Crippen LogP contribution < -0.4 is 14.8 Å². The van der Waals surface area contributed by atoms with Crippen molar-refractivity contribution in [2.24, 2.45) is 5.92 Å². The number of piperidine rings is 1. The van der Waals surface area contributed by atoms with Crippen LogP contribution in [0.15, 0.2) is 30.3 Å². The lowest BCUT2D eigenvalue weighted by molar-refractivity contribution is -0.121. The highest BCUT2D eigenvalue weighted by Gasteiger charge is 2.26. The van der Waals surface area contributed by atoms with Crippen molar-refractivity contribution >= 4 is 46.4 Å². The Bertz CT molecular complexity index is 863. The second kappa shape index (κ2) is 9.90. The van der Waals surface area contributed by atoms with Crippen LogP contribution >= 0.6 is 34.8 Å². The van der Waals surface area contributed by atoms with Crippen LogP contribution in [0.5, 0.6) is 11.5 Å². The average molecular weight is 458 g/mol. The van der Waals surface area contributed by atoms with E-state index in [0.717, 1.165) is 31.5 Å². The molecule has 8 heteroatoms. The first kappa shape index (κ1) is 22.0. The van der Waals surface area contributed by atoms with Crippen LogP contribution in [0.2, 0.25) is 15.1 Å². The lowest BCUT2D eigenvalue weighted by Crippen LogP contribution is -2.37. The van der Waals surface area contributed by atoms with Crippen LogP contribution in [0.25, 0.3) is 0 Å². The van der Waals surface area contributed by atoms with E-state index in [9.17, 15) is 4.79 Å². The molecule has 5 nitrogen and oxygen atoms in total. The van der Waals surface area contributed by atoms with Gasteiger partial charge in [-0.05, 0) is 38.1 Å². The molecule has 1 aliphatic rings. The zero-order chi connectivity index (χ0) is 21.0. The molecule has 1 amide bonds. The van der Waals surface area contributed by atoms with Crippen LogP contribution in [0.1, 0.15) is 18.4 Å². The van der Waals surface area contributed by atoms with E-state index < -0.39 is 0 Å². The summed E-state index contributed by atoms with van der Waals surface area (Å²) in [6.45, 7) is 2.26. The van der Waals surface area contributed by atoms with Crippen molar-refractivity contribution < 1.29 is 14.3 Å². The minimum atomic E-state index is -0.0839. The number of rotatable bonds is 6. The van der Waals surface area contributed by atoms with E-state index in [0.29, 0.717) is 38.8 Å². The maximum atomic E-state index is 12.8. The van der Waals surface area contributed by atoms with E-state index in [1.165, 1.54) is 14.2 Å². The molecule has 0 aliphatic carbocycles. The molecule has 0 unspecified atom stereocenters. The quantitative estimate of drug-likeness (QED) is 0.621. The summed E-state index contributed by atoms with van der Waals surface area (Å²) in [6.07, 6.45) is 1.50. The fraction of sp³-hybridized carbons (Fsp3) is 0.381. The van der Waals surface area contributed by atoms with Gasteiger partial charge in [0.05, 0.1) is 24.9 Å². The molecular formula is C21H23Cl3N2O3.